The minimum Gasteiger partial charge on any atom is -0.481 e. The van der Waals surface area contributed by atoms with Gasteiger partial charge in [0.1, 0.15) is 5.75 Å². The molecule has 3 heteroatoms. The first-order valence-electron chi connectivity index (χ1n) is 7.07. The summed E-state index contributed by atoms with van der Waals surface area (Å²) in [5, 5.41) is 2.88. The second kappa shape index (κ2) is 6.44. The van der Waals surface area contributed by atoms with Crippen molar-refractivity contribution in [3.8, 4) is 5.75 Å². The van der Waals surface area contributed by atoms with E-state index in [4.69, 9.17) is 4.74 Å². The molecular formula is C18H21NO2. The zero-order chi connectivity index (χ0) is 15.4. The molecule has 0 spiro atoms. The first kappa shape index (κ1) is 15.1. The van der Waals surface area contributed by atoms with Gasteiger partial charge >= 0.3 is 0 Å². The van der Waals surface area contributed by atoms with Crippen molar-refractivity contribution in [3.63, 3.8) is 0 Å². The molecule has 2 rings (SSSR count). The lowest BCUT2D eigenvalue weighted by atomic mass is 10.1. The Bertz CT molecular complexity index is 632. The van der Waals surface area contributed by atoms with Crippen LogP contribution in [0.5, 0.6) is 5.75 Å². The highest BCUT2D eigenvalue weighted by Gasteiger charge is 2.15. The van der Waals surface area contributed by atoms with Crippen LogP contribution in [0.1, 0.15) is 23.6 Å². The minimum absolute atomic E-state index is 0.154. The van der Waals surface area contributed by atoms with Gasteiger partial charge in [0.2, 0.25) is 0 Å². The number of nitrogens with one attached hydrogen (secondary N) is 1. The van der Waals surface area contributed by atoms with Crippen LogP contribution in [0.2, 0.25) is 0 Å². The Kier molecular flexibility index (Phi) is 4.63. The van der Waals surface area contributed by atoms with Crippen molar-refractivity contribution >= 4 is 11.6 Å². The van der Waals surface area contributed by atoms with Crippen LogP contribution < -0.4 is 10.1 Å². The van der Waals surface area contributed by atoms with E-state index < -0.39 is 6.10 Å². The normalized spacial score (nSPS) is 11.8. The summed E-state index contributed by atoms with van der Waals surface area (Å²) in [6.07, 6.45) is -0.547. The summed E-state index contributed by atoms with van der Waals surface area (Å²) in [4.78, 5) is 12.1. The van der Waals surface area contributed by atoms with E-state index in [0.29, 0.717) is 5.75 Å². The Morgan fingerprint density at radius 2 is 1.67 bits per heavy atom. The van der Waals surface area contributed by atoms with Crippen molar-refractivity contribution in [2.24, 2.45) is 0 Å². The molecule has 0 aromatic heterocycles. The third-order valence-corrected chi connectivity index (χ3v) is 3.48. The molecule has 3 nitrogen and oxygen atoms in total. The molecule has 0 aliphatic rings. The number of hydrogen-bond acceptors (Lipinski definition) is 2. The second-order valence-electron chi connectivity index (χ2n) is 5.36. The number of carbonyl (C=O) groups is 1. The highest BCUT2D eigenvalue weighted by atomic mass is 16.5. The summed E-state index contributed by atoms with van der Waals surface area (Å²) in [7, 11) is 0. The topological polar surface area (TPSA) is 38.3 Å². The van der Waals surface area contributed by atoms with Crippen LogP contribution in [0, 0.1) is 20.8 Å². The molecule has 1 unspecified atom stereocenters. The van der Waals surface area contributed by atoms with E-state index in [0.717, 1.165) is 16.8 Å². The Balaban J connectivity index is 1.98. The van der Waals surface area contributed by atoms with Crippen molar-refractivity contribution in [3.05, 3.63) is 59.2 Å². The van der Waals surface area contributed by atoms with Crippen LogP contribution in [0.4, 0.5) is 5.69 Å². The summed E-state index contributed by atoms with van der Waals surface area (Å²) in [5.41, 5.74) is 4.31. The number of ether oxygens (including phenoxy) is 1. The molecule has 0 bridgehead atoms. The summed E-state index contributed by atoms with van der Waals surface area (Å²) in [6, 6.07) is 13.5. The Morgan fingerprint density at radius 1 is 1.00 bits per heavy atom. The molecule has 0 fully saturated rings. The maximum absolute atomic E-state index is 12.1. The zero-order valence-electron chi connectivity index (χ0n) is 12.9. The molecule has 0 aliphatic carbocycles. The van der Waals surface area contributed by atoms with E-state index in [9.17, 15) is 4.79 Å². The molecule has 0 saturated heterocycles. The molecule has 110 valence electrons. The van der Waals surface area contributed by atoms with Gasteiger partial charge in [0.15, 0.2) is 6.10 Å². The lowest BCUT2D eigenvalue weighted by Crippen LogP contribution is -2.30. The second-order valence-corrected chi connectivity index (χ2v) is 5.36. The van der Waals surface area contributed by atoms with Gasteiger partial charge in [-0.25, -0.2) is 0 Å². The Morgan fingerprint density at radius 3 is 2.29 bits per heavy atom. The van der Waals surface area contributed by atoms with Gasteiger partial charge in [-0.05, 0) is 63.1 Å². The number of carbonyl (C=O) groups excluding carboxylic acids is 1. The number of benzene rings is 2. The number of anilines is 1. The molecule has 2 aromatic rings. The van der Waals surface area contributed by atoms with Crippen LogP contribution in [-0.2, 0) is 4.79 Å². The fraction of sp³-hybridized carbons (Fsp3) is 0.278. The molecule has 1 amide bonds. The van der Waals surface area contributed by atoms with Crippen molar-refractivity contribution in [2.45, 2.75) is 33.8 Å². The summed E-state index contributed by atoms with van der Waals surface area (Å²) in [6.45, 7) is 7.83. The van der Waals surface area contributed by atoms with Crippen LogP contribution >= 0.6 is 0 Å². The lowest BCUT2D eigenvalue weighted by molar-refractivity contribution is -0.122. The number of amides is 1. The minimum atomic E-state index is -0.547. The van der Waals surface area contributed by atoms with Gasteiger partial charge in [0, 0.05) is 5.69 Å². The molecule has 1 N–H and O–H groups in total. The average molecular weight is 283 g/mol. The van der Waals surface area contributed by atoms with Crippen molar-refractivity contribution in [1.29, 1.82) is 0 Å². The van der Waals surface area contributed by atoms with Gasteiger partial charge in [0.05, 0.1) is 0 Å². The van der Waals surface area contributed by atoms with Crippen molar-refractivity contribution in [1.82, 2.24) is 0 Å². The van der Waals surface area contributed by atoms with E-state index in [-0.39, 0.29) is 5.91 Å². The third-order valence-electron chi connectivity index (χ3n) is 3.48. The van der Waals surface area contributed by atoms with E-state index in [1.807, 2.05) is 63.2 Å². The first-order valence-corrected chi connectivity index (χ1v) is 7.07. The van der Waals surface area contributed by atoms with Gasteiger partial charge in [-0.2, -0.15) is 0 Å². The Labute approximate surface area is 126 Å². The predicted molar refractivity (Wildman–Crippen MR) is 85.8 cm³/mol. The van der Waals surface area contributed by atoms with E-state index >= 15 is 0 Å². The van der Waals surface area contributed by atoms with Gasteiger partial charge < -0.3 is 10.1 Å². The van der Waals surface area contributed by atoms with Gasteiger partial charge in [-0.3, -0.25) is 4.79 Å². The zero-order valence-corrected chi connectivity index (χ0v) is 12.9. The number of hydrogen-bond donors (Lipinski definition) is 1. The van der Waals surface area contributed by atoms with E-state index in [2.05, 4.69) is 5.32 Å². The molecule has 2 aromatic carbocycles. The lowest BCUT2D eigenvalue weighted by Gasteiger charge is -2.15. The highest BCUT2D eigenvalue weighted by Crippen LogP contribution is 2.16. The van der Waals surface area contributed by atoms with E-state index in [1.165, 1.54) is 5.56 Å². The fourth-order valence-corrected chi connectivity index (χ4v) is 1.94. The van der Waals surface area contributed by atoms with Gasteiger partial charge in [-0.1, -0.05) is 23.8 Å². The SMILES string of the molecule is Cc1ccc(OC(C)C(=O)Nc2ccc(C)c(C)c2)cc1. The van der Waals surface area contributed by atoms with Crippen molar-refractivity contribution < 1.29 is 9.53 Å². The van der Waals surface area contributed by atoms with Gasteiger partial charge in [0.25, 0.3) is 5.91 Å². The van der Waals surface area contributed by atoms with Crippen LogP contribution in [0.25, 0.3) is 0 Å². The summed E-state index contributed by atoms with van der Waals surface area (Å²) in [5.74, 6) is 0.544. The van der Waals surface area contributed by atoms with Crippen LogP contribution in [-0.4, -0.2) is 12.0 Å². The van der Waals surface area contributed by atoms with Crippen LogP contribution in [0.15, 0.2) is 42.5 Å². The standard InChI is InChI=1S/C18H21NO2/c1-12-5-9-17(10-6-12)21-15(4)18(20)19-16-8-7-13(2)14(3)11-16/h5-11,15H,1-4H3,(H,19,20). The van der Waals surface area contributed by atoms with Crippen LogP contribution in [0.3, 0.4) is 0 Å². The molecule has 0 saturated carbocycles. The molecular weight excluding hydrogens is 262 g/mol. The maximum Gasteiger partial charge on any atom is 0.265 e. The fourth-order valence-electron chi connectivity index (χ4n) is 1.94. The molecule has 21 heavy (non-hydrogen) atoms. The summed E-state index contributed by atoms with van der Waals surface area (Å²) < 4.78 is 5.65. The Hall–Kier alpha value is -2.29. The molecule has 0 heterocycles. The predicted octanol–water partition coefficient (Wildman–Crippen LogP) is 4.02. The quantitative estimate of drug-likeness (QED) is 0.920. The largest absolute Gasteiger partial charge is 0.481 e. The maximum atomic E-state index is 12.1. The molecule has 1 atom stereocenters. The third kappa shape index (κ3) is 4.09. The smallest absolute Gasteiger partial charge is 0.265 e. The van der Waals surface area contributed by atoms with Gasteiger partial charge in [-0.15, -0.1) is 0 Å². The summed E-state index contributed by atoms with van der Waals surface area (Å²) >= 11 is 0. The highest BCUT2D eigenvalue weighted by molar-refractivity contribution is 5.94. The van der Waals surface area contributed by atoms with Crippen molar-refractivity contribution in [2.75, 3.05) is 5.32 Å². The number of aryl methyl sites for hydroxylation is 3. The molecule has 0 radical (unpaired) electrons. The number of rotatable bonds is 4. The van der Waals surface area contributed by atoms with E-state index in [1.54, 1.807) is 6.92 Å². The molecule has 0 aliphatic heterocycles. The monoisotopic (exact) mass is 283 g/mol. The average Bonchev–Trinajstić information content (AvgIpc) is 2.45. The first-order chi connectivity index (χ1) is 9.95.